The molecule has 1 rings (SSSR count). The summed E-state index contributed by atoms with van der Waals surface area (Å²) in [6.45, 7) is 0.306. The van der Waals surface area contributed by atoms with Crippen LogP contribution in [-0.2, 0) is 12.6 Å². The number of urea groups is 1. The van der Waals surface area contributed by atoms with Gasteiger partial charge in [-0.3, -0.25) is 0 Å². The van der Waals surface area contributed by atoms with Crippen LogP contribution in [0.4, 0.5) is 18.0 Å². The average Bonchev–Trinajstić information content (AvgIpc) is 2.16. The third-order valence-electron chi connectivity index (χ3n) is 1.99. The highest BCUT2D eigenvalue weighted by molar-refractivity contribution is 5.71. The fourth-order valence-corrected chi connectivity index (χ4v) is 1.19. The predicted octanol–water partition coefficient (Wildman–Crippen LogP) is 1.92. The molecule has 1 aromatic rings. The van der Waals surface area contributed by atoms with Gasteiger partial charge in [-0.25, -0.2) is 4.79 Å². The summed E-state index contributed by atoms with van der Waals surface area (Å²) in [7, 11) is 0. The first-order valence-electron chi connectivity index (χ1n) is 4.59. The Morgan fingerprint density at radius 3 is 2.25 bits per heavy atom. The average molecular weight is 232 g/mol. The Bertz CT molecular complexity index is 359. The highest BCUT2D eigenvalue weighted by Gasteiger charge is 2.29. The van der Waals surface area contributed by atoms with Gasteiger partial charge in [0.1, 0.15) is 0 Å². The molecule has 6 heteroatoms. The molecule has 0 atom stereocenters. The van der Waals surface area contributed by atoms with Crippen LogP contribution < -0.4 is 11.1 Å². The van der Waals surface area contributed by atoms with Crippen LogP contribution in [-0.4, -0.2) is 12.6 Å². The maximum atomic E-state index is 12.2. The van der Waals surface area contributed by atoms with Crippen molar-refractivity contribution in [2.24, 2.45) is 5.73 Å². The van der Waals surface area contributed by atoms with Crippen LogP contribution in [0.15, 0.2) is 24.3 Å². The molecule has 16 heavy (non-hydrogen) atoms. The van der Waals surface area contributed by atoms with Crippen molar-refractivity contribution in [3.8, 4) is 0 Å². The molecule has 0 aliphatic heterocycles. The molecular formula is C10H11F3N2O. The fourth-order valence-electron chi connectivity index (χ4n) is 1.19. The minimum absolute atomic E-state index is 0.306. The molecule has 3 N–H and O–H groups in total. The van der Waals surface area contributed by atoms with Crippen LogP contribution in [0.1, 0.15) is 11.1 Å². The Morgan fingerprint density at radius 1 is 1.25 bits per heavy atom. The lowest BCUT2D eigenvalue weighted by atomic mass is 10.1. The topological polar surface area (TPSA) is 55.1 Å². The summed E-state index contributed by atoms with van der Waals surface area (Å²) in [5.41, 5.74) is 4.87. The number of benzene rings is 1. The molecule has 88 valence electrons. The van der Waals surface area contributed by atoms with Gasteiger partial charge in [-0.2, -0.15) is 13.2 Å². The van der Waals surface area contributed by atoms with Crippen molar-refractivity contribution in [2.75, 3.05) is 6.54 Å². The Kier molecular flexibility index (Phi) is 3.76. The van der Waals surface area contributed by atoms with E-state index in [0.29, 0.717) is 18.5 Å². The van der Waals surface area contributed by atoms with Crippen molar-refractivity contribution in [2.45, 2.75) is 12.6 Å². The van der Waals surface area contributed by atoms with E-state index < -0.39 is 17.8 Å². The molecule has 3 nitrogen and oxygen atoms in total. The molecule has 0 saturated carbocycles. The van der Waals surface area contributed by atoms with E-state index in [9.17, 15) is 18.0 Å². The number of nitrogens with one attached hydrogen (secondary N) is 1. The van der Waals surface area contributed by atoms with Gasteiger partial charge in [-0.1, -0.05) is 12.1 Å². The number of carbonyl (C=O) groups excluding carboxylic acids is 1. The van der Waals surface area contributed by atoms with E-state index >= 15 is 0 Å². The first-order valence-corrected chi connectivity index (χ1v) is 4.59. The number of halogens is 3. The van der Waals surface area contributed by atoms with Gasteiger partial charge in [-0.15, -0.1) is 0 Å². The number of primary amides is 1. The van der Waals surface area contributed by atoms with Crippen LogP contribution in [0, 0.1) is 0 Å². The summed E-state index contributed by atoms with van der Waals surface area (Å²) >= 11 is 0. The SMILES string of the molecule is NC(=O)NCCc1ccc(C(F)(F)F)cc1. The minimum atomic E-state index is -4.32. The largest absolute Gasteiger partial charge is 0.416 e. The summed E-state index contributed by atoms with van der Waals surface area (Å²) in [5, 5.41) is 2.36. The maximum absolute atomic E-state index is 12.2. The molecule has 0 fully saturated rings. The number of hydrogen-bond acceptors (Lipinski definition) is 1. The van der Waals surface area contributed by atoms with Gasteiger partial charge in [0.05, 0.1) is 5.56 Å². The molecule has 0 bridgehead atoms. The summed E-state index contributed by atoms with van der Waals surface area (Å²) in [4.78, 5) is 10.3. The van der Waals surface area contributed by atoms with E-state index in [1.165, 1.54) is 12.1 Å². The zero-order valence-electron chi connectivity index (χ0n) is 8.34. The monoisotopic (exact) mass is 232 g/mol. The molecule has 0 aliphatic rings. The van der Waals surface area contributed by atoms with Gasteiger partial charge in [0.15, 0.2) is 0 Å². The second-order valence-corrected chi connectivity index (χ2v) is 3.24. The highest BCUT2D eigenvalue weighted by Crippen LogP contribution is 2.29. The van der Waals surface area contributed by atoms with Crippen LogP contribution in [0.2, 0.25) is 0 Å². The third-order valence-corrected chi connectivity index (χ3v) is 1.99. The predicted molar refractivity (Wildman–Crippen MR) is 52.7 cm³/mol. The normalized spacial score (nSPS) is 11.2. The molecule has 0 spiro atoms. The summed E-state index contributed by atoms with van der Waals surface area (Å²) < 4.78 is 36.6. The molecule has 0 aliphatic carbocycles. The molecule has 0 aromatic heterocycles. The van der Waals surface area contributed by atoms with E-state index in [-0.39, 0.29) is 0 Å². The van der Waals surface area contributed by atoms with Gasteiger partial charge in [0.25, 0.3) is 0 Å². The molecule has 0 unspecified atom stereocenters. The number of alkyl halides is 3. The van der Waals surface area contributed by atoms with Crippen molar-refractivity contribution in [1.29, 1.82) is 0 Å². The highest BCUT2D eigenvalue weighted by atomic mass is 19.4. The molecule has 0 heterocycles. The molecular weight excluding hydrogens is 221 g/mol. The molecule has 1 aromatic carbocycles. The van der Waals surface area contributed by atoms with Crippen molar-refractivity contribution in [3.63, 3.8) is 0 Å². The first-order chi connectivity index (χ1) is 7.39. The van der Waals surface area contributed by atoms with E-state index in [1.54, 1.807) is 0 Å². The number of rotatable bonds is 3. The number of carbonyl (C=O) groups is 1. The minimum Gasteiger partial charge on any atom is -0.352 e. The molecule has 2 amide bonds. The maximum Gasteiger partial charge on any atom is 0.416 e. The smallest absolute Gasteiger partial charge is 0.352 e. The second-order valence-electron chi connectivity index (χ2n) is 3.24. The Labute approximate surface area is 90.4 Å². The van der Waals surface area contributed by atoms with Crippen LogP contribution in [0.25, 0.3) is 0 Å². The van der Waals surface area contributed by atoms with Crippen LogP contribution in [0.5, 0.6) is 0 Å². The number of nitrogens with two attached hydrogens (primary N) is 1. The summed E-state index contributed by atoms with van der Waals surface area (Å²) in [5.74, 6) is 0. The van der Waals surface area contributed by atoms with Crippen molar-refractivity contribution >= 4 is 6.03 Å². The lowest BCUT2D eigenvalue weighted by Crippen LogP contribution is -2.30. The fraction of sp³-hybridized carbons (Fsp3) is 0.300. The van der Waals surface area contributed by atoms with Crippen LogP contribution in [0.3, 0.4) is 0 Å². The standard InChI is InChI=1S/C10H11F3N2O/c11-10(12,13)8-3-1-7(2-4-8)5-6-15-9(14)16/h1-4H,5-6H2,(H3,14,15,16). The Morgan fingerprint density at radius 2 is 1.81 bits per heavy atom. The van der Waals surface area contributed by atoms with E-state index in [4.69, 9.17) is 5.73 Å². The lowest BCUT2D eigenvalue weighted by molar-refractivity contribution is -0.137. The number of hydrogen-bond donors (Lipinski definition) is 2. The van der Waals surface area contributed by atoms with Gasteiger partial charge in [-0.05, 0) is 24.1 Å². The van der Waals surface area contributed by atoms with Crippen molar-refractivity contribution < 1.29 is 18.0 Å². The van der Waals surface area contributed by atoms with E-state index in [0.717, 1.165) is 12.1 Å². The van der Waals surface area contributed by atoms with Gasteiger partial charge >= 0.3 is 12.2 Å². The number of amides is 2. The van der Waals surface area contributed by atoms with Gasteiger partial charge in [0, 0.05) is 6.54 Å². The Balaban J connectivity index is 2.55. The van der Waals surface area contributed by atoms with E-state index in [2.05, 4.69) is 5.32 Å². The Hall–Kier alpha value is -1.72. The molecule has 0 saturated heterocycles. The molecule has 0 radical (unpaired) electrons. The lowest BCUT2D eigenvalue weighted by Gasteiger charge is -2.07. The van der Waals surface area contributed by atoms with Gasteiger partial charge in [0.2, 0.25) is 0 Å². The summed E-state index contributed by atoms with van der Waals surface area (Å²) in [6.07, 6.45) is -3.87. The third kappa shape index (κ3) is 3.80. The quantitative estimate of drug-likeness (QED) is 0.821. The second kappa shape index (κ2) is 4.87. The first kappa shape index (κ1) is 12.4. The van der Waals surface area contributed by atoms with E-state index in [1.807, 2.05) is 0 Å². The zero-order valence-corrected chi connectivity index (χ0v) is 8.34. The zero-order chi connectivity index (χ0) is 12.2. The van der Waals surface area contributed by atoms with Crippen molar-refractivity contribution in [1.82, 2.24) is 5.32 Å². The van der Waals surface area contributed by atoms with Crippen LogP contribution >= 0.6 is 0 Å². The van der Waals surface area contributed by atoms with Crippen molar-refractivity contribution in [3.05, 3.63) is 35.4 Å². The van der Waals surface area contributed by atoms with Gasteiger partial charge < -0.3 is 11.1 Å². The summed E-state index contributed by atoms with van der Waals surface area (Å²) in [6, 6.07) is 4.14.